The van der Waals surface area contributed by atoms with Crippen molar-refractivity contribution in [3.05, 3.63) is 23.9 Å². The highest BCUT2D eigenvalue weighted by atomic mass is 16.5. The molecule has 1 saturated heterocycles. The summed E-state index contributed by atoms with van der Waals surface area (Å²) in [5, 5.41) is 2.90. The Labute approximate surface area is 143 Å². The first-order chi connectivity index (χ1) is 11.5. The molecule has 1 atom stereocenters. The molecule has 2 heterocycles. The second-order valence-corrected chi connectivity index (χ2v) is 6.22. The average Bonchev–Trinajstić information content (AvgIpc) is 2.93. The summed E-state index contributed by atoms with van der Waals surface area (Å²) < 4.78 is 4.98. The molecular formula is C17H26N4O3. The lowest BCUT2D eigenvalue weighted by molar-refractivity contribution is -0.129. The SMILES string of the molecule is COc1ccc(C(=O)NCC[C@H]2CCC(=O)N2CCN(C)C)cn1. The summed E-state index contributed by atoms with van der Waals surface area (Å²) in [7, 11) is 5.53. The summed E-state index contributed by atoms with van der Waals surface area (Å²) in [4.78, 5) is 32.1. The van der Waals surface area contributed by atoms with Crippen molar-refractivity contribution in [1.82, 2.24) is 20.1 Å². The van der Waals surface area contributed by atoms with Crippen molar-refractivity contribution in [2.75, 3.05) is 40.8 Å². The fourth-order valence-corrected chi connectivity index (χ4v) is 2.80. The van der Waals surface area contributed by atoms with E-state index in [0.717, 1.165) is 25.9 Å². The smallest absolute Gasteiger partial charge is 0.252 e. The first-order valence-corrected chi connectivity index (χ1v) is 8.23. The molecule has 7 heteroatoms. The van der Waals surface area contributed by atoms with Gasteiger partial charge < -0.3 is 19.9 Å². The molecule has 24 heavy (non-hydrogen) atoms. The molecule has 0 aromatic carbocycles. The lowest BCUT2D eigenvalue weighted by Crippen LogP contribution is -2.40. The van der Waals surface area contributed by atoms with Crippen LogP contribution in [0.3, 0.4) is 0 Å². The van der Waals surface area contributed by atoms with Crippen molar-refractivity contribution in [1.29, 1.82) is 0 Å². The molecule has 1 fully saturated rings. The van der Waals surface area contributed by atoms with Gasteiger partial charge in [-0.1, -0.05) is 0 Å². The number of ether oxygens (including phenoxy) is 1. The summed E-state index contributed by atoms with van der Waals surface area (Å²) in [5.41, 5.74) is 0.503. The van der Waals surface area contributed by atoms with Gasteiger partial charge in [-0.2, -0.15) is 0 Å². The number of carbonyl (C=O) groups excluding carboxylic acids is 2. The van der Waals surface area contributed by atoms with Crippen LogP contribution in [0, 0.1) is 0 Å². The minimum absolute atomic E-state index is 0.158. The minimum Gasteiger partial charge on any atom is -0.481 e. The van der Waals surface area contributed by atoms with Crippen LogP contribution < -0.4 is 10.1 Å². The van der Waals surface area contributed by atoms with Gasteiger partial charge in [-0.15, -0.1) is 0 Å². The standard InChI is InChI=1S/C17H26N4O3/c1-20(2)10-11-21-14(5-7-16(21)22)8-9-18-17(23)13-4-6-15(24-3)19-12-13/h4,6,12,14H,5,7-11H2,1-3H3,(H,18,23)/t14-/m1/s1. The summed E-state index contributed by atoms with van der Waals surface area (Å²) in [6.07, 6.45) is 3.74. The van der Waals surface area contributed by atoms with Gasteiger partial charge in [0.05, 0.1) is 12.7 Å². The molecule has 1 aliphatic heterocycles. The molecule has 2 amide bonds. The van der Waals surface area contributed by atoms with Crippen molar-refractivity contribution in [2.24, 2.45) is 0 Å². The van der Waals surface area contributed by atoms with E-state index >= 15 is 0 Å². The number of amides is 2. The average molecular weight is 334 g/mol. The molecule has 0 radical (unpaired) electrons. The van der Waals surface area contributed by atoms with E-state index in [9.17, 15) is 9.59 Å². The van der Waals surface area contributed by atoms with Gasteiger partial charge in [-0.05, 0) is 33.0 Å². The van der Waals surface area contributed by atoms with Crippen LogP contribution in [0.15, 0.2) is 18.3 Å². The number of hydrogen-bond acceptors (Lipinski definition) is 5. The van der Waals surface area contributed by atoms with Gasteiger partial charge in [-0.3, -0.25) is 9.59 Å². The normalized spacial score (nSPS) is 17.4. The Morgan fingerprint density at radius 3 is 2.88 bits per heavy atom. The number of rotatable bonds is 8. The fraction of sp³-hybridized carbons (Fsp3) is 0.588. The number of pyridine rings is 1. The fourth-order valence-electron chi connectivity index (χ4n) is 2.80. The zero-order valence-electron chi connectivity index (χ0n) is 14.6. The van der Waals surface area contributed by atoms with E-state index in [1.165, 1.54) is 13.3 Å². The molecule has 7 nitrogen and oxygen atoms in total. The third-order valence-corrected chi connectivity index (χ3v) is 4.21. The number of methoxy groups -OCH3 is 1. The number of carbonyl (C=O) groups is 2. The van der Waals surface area contributed by atoms with Gasteiger partial charge in [0.2, 0.25) is 11.8 Å². The van der Waals surface area contributed by atoms with Crippen LogP contribution in [-0.4, -0.2) is 73.5 Å². The Morgan fingerprint density at radius 2 is 2.25 bits per heavy atom. The lowest BCUT2D eigenvalue weighted by Gasteiger charge is -2.26. The highest BCUT2D eigenvalue weighted by Gasteiger charge is 2.30. The third kappa shape index (κ3) is 4.92. The molecule has 0 aliphatic carbocycles. The van der Waals surface area contributed by atoms with Gasteiger partial charge in [-0.25, -0.2) is 4.98 Å². The van der Waals surface area contributed by atoms with E-state index in [-0.39, 0.29) is 17.9 Å². The summed E-state index contributed by atoms with van der Waals surface area (Å²) in [6, 6.07) is 3.56. The second-order valence-electron chi connectivity index (χ2n) is 6.22. The maximum atomic E-state index is 12.1. The lowest BCUT2D eigenvalue weighted by atomic mass is 10.1. The van der Waals surface area contributed by atoms with Crippen molar-refractivity contribution >= 4 is 11.8 Å². The van der Waals surface area contributed by atoms with E-state index in [0.29, 0.717) is 24.4 Å². The van der Waals surface area contributed by atoms with Crippen LogP contribution in [0.1, 0.15) is 29.6 Å². The second kappa shape index (κ2) is 8.63. The first kappa shape index (κ1) is 18.2. The molecule has 1 aromatic rings. The summed E-state index contributed by atoms with van der Waals surface area (Å²) in [5.74, 6) is 0.536. The third-order valence-electron chi connectivity index (χ3n) is 4.21. The van der Waals surface area contributed by atoms with Crippen molar-refractivity contribution in [3.8, 4) is 5.88 Å². The van der Waals surface area contributed by atoms with Gasteiger partial charge in [0.15, 0.2) is 0 Å². The van der Waals surface area contributed by atoms with Crippen LogP contribution >= 0.6 is 0 Å². The summed E-state index contributed by atoms with van der Waals surface area (Å²) >= 11 is 0. The van der Waals surface area contributed by atoms with Gasteiger partial charge in [0.25, 0.3) is 5.91 Å². The van der Waals surface area contributed by atoms with Crippen LogP contribution in [-0.2, 0) is 4.79 Å². The van der Waals surface area contributed by atoms with Gasteiger partial charge >= 0.3 is 0 Å². The molecule has 1 aromatic heterocycles. The highest BCUT2D eigenvalue weighted by Crippen LogP contribution is 2.20. The monoisotopic (exact) mass is 334 g/mol. The number of aromatic nitrogens is 1. The zero-order chi connectivity index (χ0) is 17.5. The maximum Gasteiger partial charge on any atom is 0.252 e. The Bertz CT molecular complexity index is 559. The maximum absolute atomic E-state index is 12.1. The Morgan fingerprint density at radius 1 is 1.46 bits per heavy atom. The predicted octanol–water partition coefficient (Wildman–Crippen LogP) is 0.763. The molecule has 132 valence electrons. The molecule has 1 aliphatic rings. The first-order valence-electron chi connectivity index (χ1n) is 8.23. The largest absolute Gasteiger partial charge is 0.481 e. The predicted molar refractivity (Wildman–Crippen MR) is 91.0 cm³/mol. The minimum atomic E-state index is -0.158. The van der Waals surface area contributed by atoms with Gasteiger partial charge in [0, 0.05) is 44.4 Å². The van der Waals surface area contributed by atoms with Crippen LogP contribution in [0.4, 0.5) is 0 Å². The number of nitrogens with one attached hydrogen (secondary N) is 1. The van der Waals surface area contributed by atoms with Crippen LogP contribution in [0.2, 0.25) is 0 Å². The molecule has 0 saturated carbocycles. The van der Waals surface area contributed by atoms with Crippen LogP contribution in [0.25, 0.3) is 0 Å². The van der Waals surface area contributed by atoms with Crippen molar-refractivity contribution < 1.29 is 14.3 Å². The molecule has 2 rings (SSSR count). The number of nitrogens with zero attached hydrogens (tertiary/aromatic N) is 3. The van der Waals surface area contributed by atoms with E-state index in [1.54, 1.807) is 12.1 Å². The quantitative estimate of drug-likeness (QED) is 0.760. The number of likely N-dealkylation sites (tertiary alicyclic amines) is 1. The zero-order valence-corrected chi connectivity index (χ0v) is 14.6. The Balaban J connectivity index is 1.79. The molecule has 1 N–H and O–H groups in total. The Kier molecular flexibility index (Phi) is 6.54. The van der Waals surface area contributed by atoms with Crippen LogP contribution in [0.5, 0.6) is 5.88 Å². The van der Waals surface area contributed by atoms with E-state index in [2.05, 4.69) is 15.2 Å². The molecular weight excluding hydrogens is 308 g/mol. The number of likely N-dealkylation sites (N-methyl/N-ethyl adjacent to an activating group) is 1. The van der Waals surface area contributed by atoms with Crippen molar-refractivity contribution in [2.45, 2.75) is 25.3 Å². The van der Waals surface area contributed by atoms with Gasteiger partial charge in [0.1, 0.15) is 0 Å². The molecule has 0 unspecified atom stereocenters. The number of hydrogen-bond donors (Lipinski definition) is 1. The Hall–Kier alpha value is -2.15. The highest BCUT2D eigenvalue weighted by molar-refractivity contribution is 5.93. The summed E-state index contributed by atoms with van der Waals surface area (Å²) in [6.45, 7) is 2.14. The molecule has 0 spiro atoms. The van der Waals surface area contributed by atoms with E-state index in [1.807, 2.05) is 19.0 Å². The molecule has 0 bridgehead atoms. The van der Waals surface area contributed by atoms with E-state index in [4.69, 9.17) is 4.74 Å². The van der Waals surface area contributed by atoms with Crippen molar-refractivity contribution in [3.63, 3.8) is 0 Å². The topological polar surface area (TPSA) is 74.8 Å². The van der Waals surface area contributed by atoms with E-state index < -0.39 is 0 Å².